The number of hydrogen-bond acceptors (Lipinski definition) is 3. The zero-order valence-electron chi connectivity index (χ0n) is 9.51. The highest BCUT2D eigenvalue weighted by Gasteiger charge is 2.12. The molecule has 4 nitrogen and oxygen atoms in total. The molecular weight excluding hydrogens is 202 g/mol. The highest BCUT2D eigenvalue weighted by atomic mass is 16.3. The first-order valence-corrected chi connectivity index (χ1v) is 5.42. The van der Waals surface area contributed by atoms with E-state index in [0.717, 1.165) is 30.2 Å². The third-order valence-electron chi connectivity index (χ3n) is 2.36. The molecule has 1 N–H and O–H groups in total. The van der Waals surface area contributed by atoms with Crippen LogP contribution in [0, 0.1) is 6.92 Å². The Kier molecular flexibility index (Phi) is 2.90. The number of hydrogen-bond donors (Lipinski definition) is 1. The standard InChI is InChI=1S/C12H15N3O/c1-3-8-15-12(13-9(2)14-15)10-6-4-5-7-11(10)16/h4-7,16H,3,8H2,1-2H3. The molecule has 0 unspecified atom stereocenters. The molecule has 0 atom stereocenters. The lowest BCUT2D eigenvalue weighted by atomic mass is 10.2. The summed E-state index contributed by atoms with van der Waals surface area (Å²) >= 11 is 0. The molecule has 1 aromatic carbocycles. The van der Waals surface area contributed by atoms with Crippen molar-refractivity contribution in [3.8, 4) is 17.1 Å². The summed E-state index contributed by atoms with van der Waals surface area (Å²) in [6.07, 6.45) is 0.989. The summed E-state index contributed by atoms with van der Waals surface area (Å²) in [6.45, 7) is 4.76. The van der Waals surface area contributed by atoms with E-state index in [-0.39, 0.29) is 5.75 Å². The quantitative estimate of drug-likeness (QED) is 0.858. The molecule has 0 fully saturated rings. The van der Waals surface area contributed by atoms with Crippen LogP contribution in [0.4, 0.5) is 0 Å². The predicted molar refractivity (Wildman–Crippen MR) is 62.2 cm³/mol. The maximum Gasteiger partial charge on any atom is 0.162 e. The average Bonchev–Trinajstić information content (AvgIpc) is 2.61. The third-order valence-corrected chi connectivity index (χ3v) is 2.36. The van der Waals surface area contributed by atoms with Gasteiger partial charge in [-0.3, -0.25) is 0 Å². The van der Waals surface area contributed by atoms with Crippen LogP contribution in [-0.4, -0.2) is 19.9 Å². The molecule has 1 aromatic heterocycles. The molecular formula is C12H15N3O. The lowest BCUT2D eigenvalue weighted by Gasteiger charge is -2.05. The summed E-state index contributed by atoms with van der Waals surface area (Å²) in [7, 11) is 0. The van der Waals surface area contributed by atoms with E-state index >= 15 is 0 Å². The van der Waals surface area contributed by atoms with E-state index in [1.54, 1.807) is 12.1 Å². The fraction of sp³-hybridized carbons (Fsp3) is 0.333. The molecule has 0 amide bonds. The van der Waals surface area contributed by atoms with E-state index in [1.807, 2.05) is 23.7 Å². The molecule has 0 bridgehead atoms. The molecule has 0 saturated heterocycles. The van der Waals surface area contributed by atoms with Crippen LogP contribution in [-0.2, 0) is 6.54 Å². The number of phenolic OH excluding ortho intramolecular Hbond substituents is 1. The molecule has 16 heavy (non-hydrogen) atoms. The van der Waals surface area contributed by atoms with Crippen molar-refractivity contribution in [2.24, 2.45) is 0 Å². The SMILES string of the molecule is CCCn1nc(C)nc1-c1ccccc1O. The zero-order chi connectivity index (χ0) is 11.5. The van der Waals surface area contributed by atoms with Crippen LogP contribution in [0.3, 0.4) is 0 Å². The minimum absolute atomic E-state index is 0.243. The van der Waals surface area contributed by atoms with E-state index in [2.05, 4.69) is 17.0 Å². The summed E-state index contributed by atoms with van der Waals surface area (Å²) in [5.74, 6) is 1.71. The summed E-state index contributed by atoms with van der Waals surface area (Å²) in [4.78, 5) is 4.35. The van der Waals surface area contributed by atoms with Crippen LogP contribution in [0.5, 0.6) is 5.75 Å². The van der Waals surface area contributed by atoms with Gasteiger partial charge in [0.25, 0.3) is 0 Å². The number of rotatable bonds is 3. The third kappa shape index (κ3) is 1.91. The molecule has 0 aliphatic rings. The molecule has 0 spiro atoms. The van der Waals surface area contributed by atoms with Crippen LogP contribution in [0.25, 0.3) is 11.4 Å². The van der Waals surface area contributed by atoms with Gasteiger partial charge in [0.1, 0.15) is 11.6 Å². The second-order valence-corrected chi connectivity index (χ2v) is 3.72. The van der Waals surface area contributed by atoms with Crippen molar-refractivity contribution in [3.05, 3.63) is 30.1 Å². The van der Waals surface area contributed by atoms with Gasteiger partial charge in [-0.15, -0.1) is 0 Å². The summed E-state index contributed by atoms with van der Waals surface area (Å²) < 4.78 is 1.84. The lowest BCUT2D eigenvalue weighted by molar-refractivity contribution is 0.475. The number of nitrogens with zero attached hydrogens (tertiary/aromatic N) is 3. The average molecular weight is 217 g/mol. The first-order chi connectivity index (χ1) is 7.72. The highest BCUT2D eigenvalue weighted by Crippen LogP contribution is 2.27. The van der Waals surface area contributed by atoms with Crippen LogP contribution in [0.15, 0.2) is 24.3 Å². The van der Waals surface area contributed by atoms with E-state index < -0.39 is 0 Å². The van der Waals surface area contributed by atoms with Crippen molar-refractivity contribution in [1.82, 2.24) is 14.8 Å². The molecule has 4 heteroatoms. The minimum Gasteiger partial charge on any atom is -0.507 e. The summed E-state index contributed by atoms with van der Waals surface area (Å²) in [5.41, 5.74) is 0.733. The predicted octanol–water partition coefficient (Wildman–Crippen LogP) is 2.37. The van der Waals surface area contributed by atoms with Gasteiger partial charge < -0.3 is 5.11 Å². The van der Waals surface area contributed by atoms with Gasteiger partial charge in [0, 0.05) is 6.54 Å². The van der Waals surface area contributed by atoms with E-state index in [1.165, 1.54) is 0 Å². The maximum absolute atomic E-state index is 9.78. The number of para-hydroxylation sites is 1. The Morgan fingerprint density at radius 1 is 1.31 bits per heavy atom. The number of aromatic nitrogens is 3. The summed E-state index contributed by atoms with van der Waals surface area (Å²) in [5, 5.41) is 14.1. The van der Waals surface area contributed by atoms with Crippen molar-refractivity contribution in [3.63, 3.8) is 0 Å². The van der Waals surface area contributed by atoms with Gasteiger partial charge in [-0.2, -0.15) is 5.10 Å². The second-order valence-electron chi connectivity index (χ2n) is 3.72. The molecule has 2 aromatic rings. The molecule has 84 valence electrons. The second kappa shape index (κ2) is 4.35. The van der Waals surface area contributed by atoms with Gasteiger partial charge in [-0.1, -0.05) is 19.1 Å². The number of aromatic hydroxyl groups is 1. The first-order valence-electron chi connectivity index (χ1n) is 5.42. The molecule has 1 heterocycles. The smallest absolute Gasteiger partial charge is 0.162 e. The largest absolute Gasteiger partial charge is 0.507 e. The van der Waals surface area contributed by atoms with E-state index in [0.29, 0.717) is 0 Å². The summed E-state index contributed by atoms with van der Waals surface area (Å²) in [6, 6.07) is 7.20. The topological polar surface area (TPSA) is 50.9 Å². The Bertz CT molecular complexity index is 491. The number of phenols is 1. The fourth-order valence-electron chi connectivity index (χ4n) is 1.69. The highest BCUT2D eigenvalue weighted by molar-refractivity contribution is 5.63. The minimum atomic E-state index is 0.243. The van der Waals surface area contributed by atoms with Crippen LogP contribution in [0.2, 0.25) is 0 Å². The maximum atomic E-state index is 9.78. The van der Waals surface area contributed by atoms with Gasteiger partial charge in [-0.25, -0.2) is 9.67 Å². The Hall–Kier alpha value is -1.84. The van der Waals surface area contributed by atoms with Gasteiger partial charge in [0.05, 0.1) is 5.56 Å². The molecule has 2 rings (SSSR count). The van der Waals surface area contributed by atoms with Crippen molar-refractivity contribution in [2.45, 2.75) is 26.8 Å². The van der Waals surface area contributed by atoms with Crippen LogP contribution in [0.1, 0.15) is 19.2 Å². The molecule has 0 aliphatic carbocycles. The van der Waals surface area contributed by atoms with Gasteiger partial charge >= 0.3 is 0 Å². The van der Waals surface area contributed by atoms with Crippen molar-refractivity contribution >= 4 is 0 Å². The number of aryl methyl sites for hydroxylation is 2. The van der Waals surface area contributed by atoms with Crippen molar-refractivity contribution < 1.29 is 5.11 Å². The Morgan fingerprint density at radius 2 is 2.06 bits per heavy atom. The Balaban J connectivity index is 2.51. The van der Waals surface area contributed by atoms with Gasteiger partial charge in [-0.05, 0) is 25.5 Å². The van der Waals surface area contributed by atoms with Crippen molar-refractivity contribution in [2.75, 3.05) is 0 Å². The monoisotopic (exact) mass is 217 g/mol. The van der Waals surface area contributed by atoms with Gasteiger partial charge in [0.2, 0.25) is 0 Å². The molecule has 0 radical (unpaired) electrons. The normalized spacial score (nSPS) is 10.6. The fourth-order valence-corrected chi connectivity index (χ4v) is 1.69. The molecule has 0 aliphatic heterocycles. The zero-order valence-corrected chi connectivity index (χ0v) is 9.51. The van der Waals surface area contributed by atoms with E-state index in [4.69, 9.17) is 0 Å². The number of benzene rings is 1. The van der Waals surface area contributed by atoms with Gasteiger partial charge in [0.15, 0.2) is 5.82 Å². The van der Waals surface area contributed by atoms with Crippen molar-refractivity contribution in [1.29, 1.82) is 0 Å². The Morgan fingerprint density at radius 3 is 2.75 bits per heavy atom. The van der Waals surface area contributed by atoms with Crippen LogP contribution < -0.4 is 0 Å². The molecule has 0 saturated carbocycles. The Labute approximate surface area is 94.6 Å². The van der Waals surface area contributed by atoms with E-state index in [9.17, 15) is 5.11 Å². The van der Waals surface area contributed by atoms with Crippen LogP contribution >= 0.6 is 0 Å². The lowest BCUT2D eigenvalue weighted by Crippen LogP contribution is -2.01. The first kappa shape index (κ1) is 10.7.